The summed E-state index contributed by atoms with van der Waals surface area (Å²) in [5, 5.41) is 2.94. The Labute approximate surface area is 169 Å². The maximum absolute atomic E-state index is 13.9. The van der Waals surface area contributed by atoms with Crippen LogP contribution in [0, 0.1) is 5.82 Å². The van der Waals surface area contributed by atoms with Gasteiger partial charge in [-0.1, -0.05) is 6.07 Å². The van der Waals surface area contributed by atoms with Crippen LogP contribution in [0.25, 0.3) is 16.9 Å². The second kappa shape index (κ2) is 8.16. The first kappa shape index (κ1) is 19.3. The van der Waals surface area contributed by atoms with E-state index in [2.05, 4.69) is 15.2 Å². The highest BCUT2D eigenvalue weighted by Gasteiger charge is 2.23. The SMILES string of the molecule is CC(C)NC(=O)N1CCN(Cc2nc3cccnc3n2-c2cccc(F)c2)CC1. The van der Waals surface area contributed by atoms with Gasteiger partial charge in [-0.05, 0) is 44.2 Å². The monoisotopic (exact) mass is 396 g/mol. The van der Waals surface area contributed by atoms with Gasteiger partial charge in [0.1, 0.15) is 17.2 Å². The van der Waals surface area contributed by atoms with Crippen molar-refractivity contribution in [2.24, 2.45) is 0 Å². The summed E-state index contributed by atoms with van der Waals surface area (Å²) in [6.45, 7) is 7.36. The maximum atomic E-state index is 13.9. The van der Waals surface area contributed by atoms with Crippen molar-refractivity contribution in [1.82, 2.24) is 29.7 Å². The molecule has 0 spiro atoms. The Morgan fingerprint density at radius 1 is 1.17 bits per heavy atom. The summed E-state index contributed by atoms with van der Waals surface area (Å²) in [6.07, 6.45) is 1.72. The molecule has 0 radical (unpaired) electrons. The number of aromatic nitrogens is 3. The van der Waals surface area contributed by atoms with E-state index in [9.17, 15) is 9.18 Å². The Bertz CT molecular complexity index is 1010. The normalized spacial score (nSPS) is 15.2. The minimum Gasteiger partial charge on any atom is -0.336 e. The van der Waals surface area contributed by atoms with Crippen molar-refractivity contribution >= 4 is 17.2 Å². The van der Waals surface area contributed by atoms with Gasteiger partial charge >= 0.3 is 6.03 Å². The summed E-state index contributed by atoms with van der Waals surface area (Å²) in [5.74, 6) is 0.514. The average molecular weight is 396 g/mol. The van der Waals surface area contributed by atoms with Gasteiger partial charge in [0.2, 0.25) is 0 Å². The number of benzene rings is 1. The Balaban J connectivity index is 1.55. The first-order valence-corrected chi connectivity index (χ1v) is 9.87. The smallest absolute Gasteiger partial charge is 0.317 e. The third-order valence-corrected chi connectivity index (χ3v) is 4.99. The third kappa shape index (κ3) is 4.22. The fourth-order valence-electron chi connectivity index (χ4n) is 3.60. The number of carbonyl (C=O) groups is 1. The van der Waals surface area contributed by atoms with Gasteiger partial charge in [-0.15, -0.1) is 0 Å². The van der Waals surface area contributed by atoms with Gasteiger partial charge in [0.05, 0.1) is 12.2 Å². The van der Waals surface area contributed by atoms with Crippen LogP contribution in [0.5, 0.6) is 0 Å². The number of amides is 2. The average Bonchev–Trinajstić information content (AvgIpc) is 3.05. The molecule has 1 fully saturated rings. The van der Waals surface area contributed by atoms with Gasteiger partial charge in [0, 0.05) is 38.4 Å². The van der Waals surface area contributed by atoms with Crippen LogP contribution in [0.4, 0.5) is 9.18 Å². The van der Waals surface area contributed by atoms with Crippen molar-refractivity contribution < 1.29 is 9.18 Å². The van der Waals surface area contributed by atoms with Crippen molar-refractivity contribution in [3.63, 3.8) is 0 Å². The molecule has 3 aromatic rings. The number of piperazine rings is 1. The topological polar surface area (TPSA) is 66.3 Å². The van der Waals surface area contributed by atoms with Gasteiger partial charge in [-0.25, -0.2) is 19.2 Å². The molecule has 1 aliphatic heterocycles. The Morgan fingerprint density at radius 3 is 2.69 bits per heavy atom. The molecular weight excluding hydrogens is 371 g/mol. The molecule has 3 heterocycles. The Hall–Kier alpha value is -3.00. The maximum Gasteiger partial charge on any atom is 0.317 e. The van der Waals surface area contributed by atoms with Gasteiger partial charge in [0.15, 0.2) is 5.65 Å². The molecule has 0 aliphatic carbocycles. The molecule has 7 nitrogen and oxygen atoms in total. The lowest BCUT2D eigenvalue weighted by Gasteiger charge is -2.34. The largest absolute Gasteiger partial charge is 0.336 e. The first-order chi connectivity index (χ1) is 14.0. The van der Waals surface area contributed by atoms with E-state index in [4.69, 9.17) is 4.98 Å². The number of halogens is 1. The molecule has 4 rings (SSSR count). The second-order valence-electron chi connectivity index (χ2n) is 7.56. The number of hydrogen-bond acceptors (Lipinski definition) is 4. The van der Waals surface area contributed by atoms with E-state index in [-0.39, 0.29) is 17.9 Å². The van der Waals surface area contributed by atoms with Gasteiger partial charge in [0.25, 0.3) is 0 Å². The number of urea groups is 1. The number of imidazole rings is 1. The number of nitrogens with one attached hydrogen (secondary N) is 1. The van der Waals surface area contributed by atoms with Gasteiger partial charge < -0.3 is 10.2 Å². The molecule has 1 saturated heterocycles. The molecule has 8 heteroatoms. The van der Waals surface area contributed by atoms with Crippen LogP contribution in [0.3, 0.4) is 0 Å². The minimum absolute atomic E-state index is 0.0177. The summed E-state index contributed by atoms with van der Waals surface area (Å²) >= 11 is 0. The molecule has 29 heavy (non-hydrogen) atoms. The summed E-state index contributed by atoms with van der Waals surface area (Å²) < 4.78 is 15.8. The first-order valence-electron chi connectivity index (χ1n) is 9.87. The Morgan fingerprint density at radius 2 is 1.97 bits per heavy atom. The van der Waals surface area contributed by atoms with E-state index in [0.717, 1.165) is 24.4 Å². The van der Waals surface area contributed by atoms with Crippen LogP contribution in [-0.2, 0) is 6.54 Å². The van der Waals surface area contributed by atoms with E-state index in [1.165, 1.54) is 12.1 Å². The van der Waals surface area contributed by atoms with E-state index in [1.54, 1.807) is 12.3 Å². The molecule has 1 aliphatic rings. The summed E-state index contributed by atoms with van der Waals surface area (Å²) in [7, 11) is 0. The van der Waals surface area contributed by atoms with Crippen molar-refractivity contribution in [2.75, 3.05) is 26.2 Å². The number of carbonyl (C=O) groups excluding carboxylic acids is 1. The standard InChI is InChI=1S/C21H25FN6O/c1-15(2)24-21(29)27-11-9-26(10-12-27)14-19-25-18-7-4-8-23-20(18)28(19)17-6-3-5-16(22)13-17/h3-8,13,15H,9-12,14H2,1-2H3,(H,24,29). The van der Waals surface area contributed by atoms with E-state index in [0.29, 0.717) is 31.0 Å². The number of nitrogens with zero attached hydrogens (tertiary/aromatic N) is 5. The van der Waals surface area contributed by atoms with Gasteiger partial charge in [-0.2, -0.15) is 0 Å². The zero-order chi connectivity index (χ0) is 20.4. The summed E-state index contributed by atoms with van der Waals surface area (Å²) in [6, 6.07) is 10.3. The number of fused-ring (bicyclic) bond motifs is 1. The number of rotatable bonds is 4. The molecule has 1 aromatic carbocycles. The number of pyridine rings is 1. The van der Waals surface area contributed by atoms with Crippen LogP contribution in [-0.4, -0.2) is 62.6 Å². The molecule has 0 bridgehead atoms. The highest BCUT2D eigenvalue weighted by molar-refractivity contribution is 5.75. The molecule has 2 amide bonds. The lowest BCUT2D eigenvalue weighted by Crippen LogP contribution is -2.52. The van der Waals surface area contributed by atoms with Crippen LogP contribution in [0.1, 0.15) is 19.7 Å². The number of hydrogen-bond donors (Lipinski definition) is 1. The van der Waals surface area contributed by atoms with Gasteiger partial charge in [-0.3, -0.25) is 9.47 Å². The summed E-state index contributed by atoms with van der Waals surface area (Å²) in [5.41, 5.74) is 2.20. The zero-order valence-corrected chi connectivity index (χ0v) is 16.7. The minimum atomic E-state index is -0.295. The third-order valence-electron chi connectivity index (χ3n) is 4.99. The summed E-state index contributed by atoms with van der Waals surface area (Å²) in [4.78, 5) is 25.5. The van der Waals surface area contributed by atoms with Crippen molar-refractivity contribution in [1.29, 1.82) is 0 Å². The van der Waals surface area contributed by atoms with Crippen molar-refractivity contribution in [3.05, 3.63) is 54.2 Å². The predicted octanol–water partition coefficient (Wildman–Crippen LogP) is 2.80. The fourth-order valence-corrected chi connectivity index (χ4v) is 3.60. The highest BCUT2D eigenvalue weighted by atomic mass is 19.1. The van der Waals surface area contributed by atoms with E-state index >= 15 is 0 Å². The van der Waals surface area contributed by atoms with Crippen LogP contribution >= 0.6 is 0 Å². The predicted molar refractivity (Wildman–Crippen MR) is 109 cm³/mol. The molecule has 0 unspecified atom stereocenters. The van der Waals surface area contributed by atoms with Crippen LogP contribution in [0.2, 0.25) is 0 Å². The molecule has 0 atom stereocenters. The quantitative estimate of drug-likeness (QED) is 0.737. The second-order valence-corrected chi connectivity index (χ2v) is 7.56. The molecular formula is C21H25FN6O. The lowest BCUT2D eigenvalue weighted by atomic mass is 10.3. The van der Waals surface area contributed by atoms with Crippen LogP contribution in [0.15, 0.2) is 42.6 Å². The molecule has 152 valence electrons. The molecule has 2 aromatic heterocycles. The van der Waals surface area contributed by atoms with E-state index in [1.807, 2.05) is 41.5 Å². The molecule has 1 N–H and O–H groups in total. The highest BCUT2D eigenvalue weighted by Crippen LogP contribution is 2.22. The zero-order valence-electron chi connectivity index (χ0n) is 16.7. The lowest BCUT2D eigenvalue weighted by molar-refractivity contribution is 0.132. The fraction of sp³-hybridized carbons (Fsp3) is 0.381. The van der Waals surface area contributed by atoms with Crippen molar-refractivity contribution in [2.45, 2.75) is 26.4 Å². The van der Waals surface area contributed by atoms with Crippen LogP contribution < -0.4 is 5.32 Å². The van der Waals surface area contributed by atoms with Crippen molar-refractivity contribution in [3.8, 4) is 5.69 Å². The Kier molecular flexibility index (Phi) is 5.44. The van der Waals surface area contributed by atoms with E-state index < -0.39 is 0 Å². The molecule has 0 saturated carbocycles.